The second-order valence-corrected chi connectivity index (χ2v) is 16.9. The molecule has 0 aromatic heterocycles. The molecule has 3 atom stereocenters. The quantitative estimate of drug-likeness (QED) is 0.579. The largest absolute Gasteiger partial charge is 0.444 e. The van der Waals surface area contributed by atoms with E-state index in [1.54, 1.807) is 0 Å². The molecule has 2 fully saturated rings. The van der Waals surface area contributed by atoms with Gasteiger partial charge in [0.2, 0.25) is 0 Å². The number of rotatable bonds is 3. The predicted octanol–water partition coefficient (Wildman–Crippen LogP) is 5.19. The summed E-state index contributed by atoms with van der Waals surface area (Å²) < 4.78 is 12.4. The number of carbonyl (C=O) groups excluding carboxylic acids is 1. The first-order chi connectivity index (χ1) is 12.9. The first kappa shape index (κ1) is 24.6. The third-order valence-electron chi connectivity index (χ3n) is 6.26. The molecule has 2 aliphatic heterocycles. The molecule has 0 saturated carbocycles. The molecule has 0 spiro atoms. The van der Waals surface area contributed by atoms with Gasteiger partial charge in [0.25, 0.3) is 0 Å². The average Bonchev–Trinajstić information content (AvgIpc) is 3.09. The standard InChI is InChI=1S/C22H44N2O4Si/c1-20(2,3)24-13-12-18(27-24)17-14-16(28-29(10,11)22(7,8)9)15-23(17)19(25)26-21(4,5)6/h16-18H,12-15H2,1-11H3/t16-,17+,18+/m1/s1. The van der Waals surface area contributed by atoms with Crippen LogP contribution in [0.2, 0.25) is 18.1 Å². The van der Waals surface area contributed by atoms with Crippen molar-refractivity contribution < 1.29 is 18.8 Å². The van der Waals surface area contributed by atoms with Crippen molar-refractivity contribution in [3.05, 3.63) is 0 Å². The normalized spacial score (nSPS) is 27.6. The van der Waals surface area contributed by atoms with E-state index in [9.17, 15) is 4.79 Å². The Morgan fingerprint density at radius 3 is 2.07 bits per heavy atom. The van der Waals surface area contributed by atoms with E-state index in [-0.39, 0.29) is 34.9 Å². The molecular weight excluding hydrogens is 384 g/mol. The topological polar surface area (TPSA) is 51.2 Å². The second-order valence-electron chi connectivity index (χ2n) is 12.1. The van der Waals surface area contributed by atoms with Crippen LogP contribution >= 0.6 is 0 Å². The van der Waals surface area contributed by atoms with E-state index in [4.69, 9.17) is 14.0 Å². The fourth-order valence-electron chi connectivity index (χ4n) is 3.66. The van der Waals surface area contributed by atoms with Crippen molar-refractivity contribution in [1.82, 2.24) is 9.96 Å². The molecule has 0 radical (unpaired) electrons. The highest BCUT2D eigenvalue weighted by Crippen LogP contribution is 2.40. The number of carbonyl (C=O) groups is 1. The first-order valence-corrected chi connectivity index (χ1v) is 13.9. The van der Waals surface area contributed by atoms with Crippen LogP contribution in [0.5, 0.6) is 0 Å². The van der Waals surface area contributed by atoms with Crippen LogP contribution in [0, 0.1) is 0 Å². The zero-order chi connectivity index (χ0) is 22.4. The zero-order valence-electron chi connectivity index (χ0n) is 20.6. The van der Waals surface area contributed by atoms with Crippen molar-refractivity contribution in [2.75, 3.05) is 13.1 Å². The summed E-state index contributed by atoms with van der Waals surface area (Å²) in [7, 11) is -1.92. The molecule has 2 rings (SSSR count). The van der Waals surface area contributed by atoms with Gasteiger partial charge in [-0.25, -0.2) is 4.79 Å². The van der Waals surface area contributed by atoms with Crippen molar-refractivity contribution in [2.45, 2.75) is 123 Å². The Kier molecular flexibility index (Phi) is 6.91. The minimum atomic E-state index is -1.92. The van der Waals surface area contributed by atoms with Crippen molar-refractivity contribution in [3.8, 4) is 0 Å². The monoisotopic (exact) mass is 428 g/mol. The van der Waals surface area contributed by atoms with Gasteiger partial charge in [-0.2, -0.15) is 5.06 Å². The molecule has 29 heavy (non-hydrogen) atoms. The highest BCUT2D eigenvalue weighted by Gasteiger charge is 2.48. The summed E-state index contributed by atoms with van der Waals surface area (Å²) in [5, 5.41) is 2.18. The summed E-state index contributed by atoms with van der Waals surface area (Å²) in [5.41, 5.74) is -0.574. The number of hydrogen-bond acceptors (Lipinski definition) is 5. The van der Waals surface area contributed by atoms with Crippen LogP contribution in [0.25, 0.3) is 0 Å². The van der Waals surface area contributed by atoms with E-state index in [1.807, 2.05) is 30.7 Å². The Morgan fingerprint density at radius 1 is 1.03 bits per heavy atom. The average molecular weight is 429 g/mol. The van der Waals surface area contributed by atoms with Gasteiger partial charge < -0.3 is 9.16 Å². The molecule has 2 aliphatic rings. The predicted molar refractivity (Wildman–Crippen MR) is 119 cm³/mol. The molecule has 1 amide bonds. The third-order valence-corrected chi connectivity index (χ3v) is 10.8. The van der Waals surface area contributed by atoms with Gasteiger partial charge in [-0.1, -0.05) is 20.8 Å². The summed E-state index contributed by atoms with van der Waals surface area (Å²) in [6.45, 7) is 24.9. The lowest BCUT2D eigenvalue weighted by molar-refractivity contribution is -0.204. The third kappa shape index (κ3) is 6.18. The Hall–Kier alpha value is -0.633. The fourth-order valence-corrected chi connectivity index (χ4v) is 5.01. The summed E-state index contributed by atoms with van der Waals surface area (Å²) in [6, 6.07) is -0.0213. The number of hydrogen-bond donors (Lipinski definition) is 0. The van der Waals surface area contributed by atoms with Gasteiger partial charge in [0.1, 0.15) is 11.7 Å². The Morgan fingerprint density at radius 2 is 1.62 bits per heavy atom. The van der Waals surface area contributed by atoms with Crippen LogP contribution in [-0.4, -0.2) is 66.9 Å². The number of amides is 1. The van der Waals surface area contributed by atoms with E-state index in [2.05, 4.69) is 54.6 Å². The molecule has 0 N–H and O–H groups in total. The van der Waals surface area contributed by atoms with Gasteiger partial charge >= 0.3 is 6.09 Å². The molecular formula is C22H44N2O4Si. The summed E-state index contributed by atoms with van der Waals surface area (Å²) >= 11 is 0. The van der Waals surface area contributed by atoms with Crippen LogP contribution in [0.1, 0.15) is 75.2 Å². The number of hydroxylamine groups is 2. The molecule has 6 nitrogen and oxygen atoms in total. The van der Waals surface area contributed by atoms with Gasteiger partial charge in [-0.05, 0) is 72.5 Å². The highest BCUT2D eigenvalue weighted by molar-refractivity contribution is 6.74. The summed E-state index contributed by atoms with van der Waals surface area (Å²) in [5.74, 6) is 0. The van der Waals surface area contributed by atoms with Gasteiger partial charge in [-0.3, -0.25) is 9.74 Å². The van der Waals surface area contributed by atoms with Crippen LogP contribution in [0.4, 0.5) is 4.79 Å². The van der Waals surface area contributed by atoms with Crippen LogP contribution in [0.3, 0.4) is 0 Å². The number of nitrogens with zero attached hydrogens (tertiary/aromatic N) is 2. The maximum atomic E-state index is 13.0. The Balaban J connectivity index is 2.18. The molecule has 0 aromatic rings. The van der Waals surface area contributed by atoms with E-state index in [0.717, 1.165) is 19.4 Å². The van der Waals surface area contributed by atoms with E-state index in [0.29, 0.717) is 6.54 Å². The van der Waals surface area contributed by atoms with Crippen LogP contribution < -0.4 is 0 Å². The van der Waals surface area contributed by atoms with Crippen molar-refractivity contribution in [1.29, 1.82) is 0 Å². The molecule has 2 heterocycles. The van der Waals surface area contributed by atoms with E-state index >= 15 is 0 Å². The lowest BCUT2D eigenvalue weighted by Crippen LogP contribution is -2.47. The maximum Gasteiger partial charge on any atom is 0.410 e. The SMILES string of the molecule is CC(C)(C)OC(=O)N1C[C@H](O[Si](C)(C)C(C)(C)C)C[C@H]1[C@@H]1CCN(C(C)(C)C)O1. The first-order valence-electron chi connectivity index (χ1n) is 11.0. The van der Waals surface area contributed by atoms with Crippen LogP contribution in [-0.2, 0) is 14.0 Å². The molecule has 0 bridgehead atoms. The Labute approximate surface area is 179 Å². The lowest BCUT2D eigenvalue weighted by Gasteiger charge is -2.38. The molecule has 170 valence electrons. The highest BCUT2D eigenvalue weighted by atomic mass is 28.4. The van der Waals surface area contributed by atoms with Crippen molar-refractivity contribution in [2.24, 2.45) is 0 Å². The molecule has 0 aliphatic carbocycles. The number of ether oxygens (including phenoxy) is 1. The summed E-state index contributed by atoms with van der Waals surface area (Å²) in [4.78, 5) is 21.2. The van der Waals surface area contributed by atoms with E-state index < -0.39 is 13.9 Å². The minimum Gasteiger partial charge on any atom is -0.444 e. The fraction of sp³-hybridized carbons (Fsp3) is 0.955. The van der Waals surface area contributed by atoms with Crippen LogP contribution in [0.15, 0.2) is 0 Å². The Bertz CT molecular complexity index is 589. The molecule has 7 heteroatoms. The van der Waals surface area contributed by atoms with Gasteiger partial charge in [0.05, 0.1) is 12.1 Å². The maximum absolute atomic E-state index is 13.0. The van der Waals surface area contributed by atoms with Gasteiger partial charge in [0, 0.05) is 18.6 Å². The van der Waals surface area contributed by atoms with Crippen molar-refractivity contribution in [3.63, 3.8) is 0 Å². The zero-order valence-corrected chi connectivity index (χ0v) is 21.6. The number of likely N-dealkylation sites (tertiary alicyclic amines) is 1. The van der Waals surface area contributed by atoms with Gasteiger partial charge in [0.15, 0.2) is 8.32 Å². The minimum absolute atomic E-state index is 0.0187. The molecule has 0 unspecified atom stereocenters. The smallest absolute Gasteiger partial charge is 0.410 e. The second kappa shape index (κ2) is 8.13. The molecule has 2 saturated heterocycles. The molecule has 0 aromatic carbocycles. The van der Waals surface area contributed by atoms with Gasteiger partial charge in [-0.15, -0.1) is 0 Å². The van der Waals surface area contributed by atoms with E-state index in [1.165, 1.54) is 0 Å². The van der Waals surface area contributed by atoms with Crippen molar-refractivity contribution >= 4 is 14.4 Å². The summed E-state index contributed by atoms with van der Waals surface area (Å²) in [6.07, 6.45) is 1.46. The lowest BCUT2D eigenvalue weighted by atomic mass is 10.0.